The molecule has 0 saturated heterocycles. The van der Waals surface area contributed by atoms with Gasteiger partial charge in [0.25, 0.3) is 0 Å². The van der Waals surface area contributed by atoms with E-state index in [0.29, 0.717) is 19.4 Å². The van der Waals surface area contributed by atoms with Crippen LogP contribution in [0.4, 0.5) is 8.78 Å². The third-order valence-corrected chi connectivity index (χ3v) is 2.58. The molecule has 0 aliphatic rings. The predicted molar refractivity (Wildman–Crippen MR) is 59.9 cm³/mol. The first kappa shape index (κ1) is 13.2. The minimum absolute atomic E-state index is 0.0704. The Hall–Kier alpha value is -0.870. The summed E-state index contributed by atoms with van der Waals surface area (Å²) in [5.41, 5.74) is 5.52. The molecule has 0 amide bonds. The highest BCUT2D eigenvalue weighted by Crippen LogP contribution is 2.31. The fourth-order valence-electron chi connectivity index (χ4n) is 1.52. The highest BCUT2D eigenvalue weighted by atomic mass is 35.5. The number of hydrogen-bond acceptors (Lipinski definition) is 2. The molecule has 0 bridgehead atoms. The number of ether oxygens (including phenoxy) is 1. The van der Waals surface area contributed by atoms with Crippen molar-refractivity contribution >= 4 is 11.6 Å². The van der Waals surface area contributed by atoms with Crippen molar-refractivity contribution in [2.24, 2.45) is 5.73 Å². The second-order valence-electron chi connectivity index (χ2n) is 3.41. The van der Waals surface area contributed by atoms with Gasteiger partial charge in [-0.1, -0.05) is 11.6 Å². The van der Waals surface area contributed by atoms with Gasteiger partial charge in [0.15, 0.2) is 11.6 Å². The second kappa shape index (κ2) is 6.01. The van der Waals surface area contributed by atoms with Crippen LogP contribution in [0.15, 0.2) is 6.07 Å². The van der Waals surface area contributed by atoms with Crippen LogP contribution in [0.1, 0.15) is 18.4 Å². The van der Waals surface area contributed by atoms with Crippen molar-refractivity contribution in [3.8, 4) is 5.75 Å². The molecule has 0 aliphatic heterocycles. The van der Waals surface area contributed by atoms with E-state index in [9.17, 15) is 8.78 Å². The number of methoxy groups -OCH3 is 1. The molecule has 0 aliphatic carbocycles. The topological polar surface area (TPSA) is 35.2 Å². The summed E-state index contributed by atoms with van der Waals surface area (Å²) < 4.78 is 31.9. The number of rotatable bonds is 5. The van der Waals surface area contributed by atoms with Gasteiger partial charge in [0, 0.05) is 5.56 Å². The summed E-state index contributed by atoms with van der Waals surface area (Å²) in [6.07, 6.45) is 1.78. The highest BCUT2D eigenvalue weighted by Gasteiger charge is 2.17. The van der Waals surface area contributed by atoms with E-state index in [1.54, 1.807) is 0 Å². The maximum atomic E-state index is 13.6. The molecule has 1 aromatic rings. The molecule has 2 N–H and O–H groups in total. The Morgan fingerprint density at radius 3 is 2.62 bits per heavy atom. The van der Waals surface area contributed by atoms with Crippen molar-refractivity contribution in [3.63, 3.8) is 0 Å². The molecule has 0 atom stereocenters. The van der Waals surface area contributed by atoms with Crippen molar-refractivity contribution < 1.29 is 13.5 Å². The normalized spacial score (nSPS) is 10.6. The number of halogens is 3. The zero-order chi connectivity index (χ0) is 12.1. The van der Waals surface area contributed by atoms with Crippen molar-refractivity contribution in [3.05, 3.63) is 28.3 Å². The molecule has 2 nitrogen and oxygen atoms in total. The standard InChI is InChI=1S/C11H14ClF2NO/c1-16-11-7(4-2-3-5-15)10(14)8(12)6-9(11)13/h6H,2-5,15H2,1H3. The van der Waals surface area contributed by atoms with E-state index >= 15 is 0 Å². The summed E-state index contributed by atoms with van der Waals surface area (Å²) in [7, 11) is 1.30. The molecule has 0 heterocycles. The van der Waals surface area contributed by atoms with Crippen LogP contribution in [0, 0.1) is 11.6 Å². The Labute approximate surface area is 98.3 Å². The zero-order valence-electron chi connectivity index (χ0n) is 9.03. The molecule has 16 heavy (non-hydrogen) atoms. The molecule has 1 aromatic carbocycles. The van der Waals surface area contributed by atoms with Crippen LogP contribution in [0.2, 0.25) is 5.02 Å². The van der Waals surface area contributed by atoms with Crippen LogP contribution in [0.25, 0.3) is 0 Å². The maximum Gasteiger partial charge on any atom is 0.167 e. The van der Waals surface area contributed by atoms with E-state index in [1.807, 2.05) is 0 Å². The summed E-state index contributed by atoms with van der Waals surface area (Å²) in [6.45, 7) is 0.521. The first-order valence-corrected chi connectivity index (χ1v) is 5.40. The van der Waals surface area contributed by atoms with Gasteiger partial charge in [0.2, 0.25) is 0 Å². The van der Waals surface area contributed by atoms with E-state index in [4.69, 9.17) is 22.1 Å². The molecular formula is C11H14ClF2NO. The minimum atomic E-state index is -0.642. The third kappa shape index (κ3) is 2.83. The second-order valence-corrected chi connectivity index (χ2v) is 3.82. The van der Waals surface area contributed by atoms with Crippen LogP contribution < -0.4 is 10.5 Å². The Morgan fingerprint density at radius 1 is 1.38 bits per heavy atom. The van der Waals surface area contributed by atoms with Crippen LogP contribution in [0.3, 0.4) is 0 Å². The molecule has 0 fully saturated rings. The molecule has 0 saturated carbocycles. The largest absolute Gasteiger partial charge is 0.493 e. The van der Waals surface area contributed by atoms with Gasteiger partial charge in [0.1, 0.15) is 5.82 Å². The Balaban J connectivity index is 3.02. The SMILES string of the molecule is COc1c(F)cc(Cl)c(F)c1CCCCN. The van der Waals surface area contributed by atoms with E-state index in [2.05, 4.69) is 0 Å². The number of unbranched alkanes of at least 4 members (excludes halogenated alkanes) is 1. The first-order valence-electron chi connectivity index (χ1n) is 5.02. The molecular weight excluding hydrogens is 236 g/mol. The molecule has 1 rings (SSSR count). The van der Waals surface area contributed by atoms with Gasteiger partial charge >= 0.3 is 0 Å². The van der Waals surface area contributed by atoms with Crippen molar-refractivity contribution in [1.29, 1.82) is 0 Å². The van der Waals surface area contributed by atoms with Crippen LogP contribution in [0.5, 0.6) is 5.75 Å². The average Bonchev–Trinajstić information content (AvgIpc) is 2.25. The summed E-state index contributed by atoms with van der Waals surface area (Å²) in [5, 5.41) is -0.221. The predicted octanol–water partition coefficient (Wildman–Crippen LogP) is 2.91. The number of nitrogens with two attached hydrogens (primary N) is 1. The Bertz CT molecular complexity index is 371. The summed E-state index contributed by atoms with van der Waals surface area (Å²) in [5.74, 6) is -1.33. The lowest BCUT2D eigenvalue weighted by molar-refractivity contribution is 0.375. The summed E-state index contributed by atoms with van der Waals surface area (Å²) >= 11 is 5.57. The smallest absolute Gasteiger partial charge is 0.167 e. The van der Waals surface area contributed by atoms with Gasteiger partial charge in [-0.2, -0.15) is 0 Å². The van der Waals surface area contributed by atoms with E-state index in [-0.39, 0.29) is 16.3 Å². The van der Waals surface area contributed by atoms with E-state index < -0.39 is 11.6 Å². The monoisotopic (exact) mass is 249 g/mol. The minimum Gasteiger partial charge on any atom is -0.493 e. The Kier molecular flexibility index (Phi) is 4.96. The van der Waals surface area contributed by atoms with Gasteiger partial charge in [-0.15, -0.1) is 0 Å². The summed E-state index contributed by atoms with van der Waals surface area (Å²) in [4.78, 5) is 0. The lowest BCUT2D eigenvalue weighted by atomic mass is 10.1. The van der Waals surface area contributed by atoms with Gasteiger partial charge in [-0.25, -0.2) is 8.78 Å². The fraction of sp³-hybridized carbons (Fsp3) is 0.455. The third-order valence-electron chi connectivity index (χ3n) is 2.30. The van der Waals surface area contributed by atoms with Crippen molar-refractivity contribution in [1.82, 2.24) is 0 Å². The van der Waals surface area contributed by atoms with Gasteiger partial charge < -0.3 is 10.5 Å². The van der Waals surface area contributed by atoms with Crippen LogP contribution in [-0.2, 0) is 6.42 Å². The van der Waals surface area contributed by atoms with Crippen LogP contribution >= 0.6 is 11.6 Å². The quantitative estimate of drug-likeness (QED) is 0.643. The Morgan fingerprint density at radius 2 is 2.06 bits per heavy atom. The van der Waals surface area contributed by atoms with Crippen LogP contribution in [-0.4, -0.2) is 13.7 Å². The van der Waals surface area contributed by atoms with Gasteiger partial charge in [-0.3, -0.25) is 0 Å². The molecule has 0 unspecified atom stereocenters. The van der Waals surface area contributed by atoms with Gasteiger partial charge in [-0.05, 0) is 31.9 Å². The average molecular weight is 250 g/mol. The van der Waals surface area contributed by atoms with E-state index in [0.717, 1.165) is 12.5 Å². The lowest BCUT2D eigenvalue weighted by Crippen LogP contribution is -2.03. The molecule has 5 heteroatoms. The number of benzene rings is 1. The van der Waals surface area contributed by atoms with Crippen molar-refractivity contribution in [2.75, 3.05) is 13.7 Å². The highest BCUT2D eigenvalue weighted by molar-refractivity contribution is 6.30. The zero-order valence-corrected chi connectivity index (χ0v) is 9.78. The molecule has 0 spiro atoms. The number of hydrogen-bond donors (Lipinski definition) is 1. The maximum absolute atomic E-state index is 13.6. The molecule has 0 radical (unpaired) electrons. The van der Waals surface area contributed by atoms with Crippen molar-refractivity contribution in [2.45, 2.75) is 19.3 Å². The summed E-state index contributed by atoms with van der Waals surface area (Å²) in [6, 6.07) is 0.919. The molecule has 90 valence electrons. The van der Waals surface area contributed by atoms with Gasteiger partial charge in [0.05, 0.1) is 12.1 Å². The first-order chi connectivity index (χ1) is 7.61. The lowest BCUT2D eigenvalue weighted by Gasteiger charge is -2.11. The molecule has 0 aromatic heterocycles. The fourth-order valence-corrected chi connectivity index (χ4v) is 1.73. The van der Waals surface area contributed by atoms with E-state index in [1.165, 1.54) is 7.11 Å².